The van der Waals surface area contributed by atoms with E-state index in [0.29, 0.717) is 6.42 Å². The van der Waals surface area contributed by atoms with Crippen LogP contribution in [0.2, 0.25) is 0 Å². The second kappa shape index (κ2) is 47.7. The Kier molecular flexibility index (Phi) is 46.3. The molecule has 4 nitrogen and oxygen atoms in total. The minimum atomic E-state index is -0.874. The lowest BCUT2D eigenvalue weighted by molar-refractivity contribution is -0.123. The molecule has 4 heteroatoms. The van der Waals surface area contributed by atoms with Crippen molar-refractivity contribution in [2.75, 3.05) is 6.61 Å². The lowest BCUT2D eigenvalue weighted by atomic mass is 10.0. The largest absolute Gasteiger partial charge is 0.394 e. The van der Waals surface area contributed by atoms with E-state index in [4.69, 9.17) is 0 Å². The Bertz CT molecular complexity index is 893. The molecule has 0 fully saturated rings. The zero-order chi connectivity index (χ0) is 40.7. The van der Waals surface area contributed by atoms with Crippen molar-refractivity contribution in [2.45, 2.75) is 270 Å². The van der Waals surface area contributed by atoms with Gasteiger partial charge in [0.25, 0.3) is 0 Å². The molecule has 0 aromatic heterocycles. The molecule has 0 aliphatic carbocycles. The van der Waals surface area contributed by atoms with Gasteiger partial charge >= 0.3 is 0 Å². The van der Waals surface area contributed by atoms with Crippen LogP contribution in [-0.4, -0.2) is 34.9 Å². The summed E-state index contributed by atoms with van der Waals surface area (Å²) >= 11 is 0. The molecule has 0 saturated carbocycles. The Morgan fingerprint density at radius 1 is 0.411 bits per heavy atom. The van der Waals surface area contributed by atoms with Crippen molar-refractivity contribution in [3.05, 3.63) is 48.6 Å². The molecule has 0 bridgehead atoms. The minimum Gasteiger partial charge on any atom is -0.394 e. The smallest absolute Gasteiger partial charge is 0.220 e. The van der Waals surface area contributed by atoms with E-state index >= 15 is 0 Å². The molecule has 2 unspecified atom stereocenters. The van der Waals surface area contributed by atoms with Crippen LogP contribution in [-0.2, 0) is 4.79 Å². The second-order valence-corrected chi connectivity index (χ2v) is 16.9. The van der Waals surface area contributed by atoms with Crippen molar-refractivity contribution < 1.29 is 15.0 Å². The van der Waals surface area contributed by atoms with E-state index in [1.54, 1.807) is 6.08 Å². The molecule has 56 heavy (non-hydrogen) atoms. The van der Waals surface area contributed by atoms with Crippen LogP contribution in [0.15, 0.2) is 48.6 Å². The maximum atomic E-state index is 12.4. The maximum absolute atomic E-state index is 12.4. The molecule has 2 atom stereocenters. The number of aliphatic hydroxyl groups excluding tert-OH is 2. The van der Waals surface area contributed by atoms with Gasteiger partial charge in [0.15, 0.2) is 0 Å². The first-order valence-electron chi connectivity index (χ1n) is 24.9. The molecule has 328 valence electrons. The molecule has 0 rings (SSSR count). The van der Waals surface area contributed by atoms with Gasteiger partial charge in [0.1, 0.15) is 0 Å². The van der Waals surface area contributed by atoms with Gasteiger partial charge in [0.05, 0.1) is 18.8 Å². The number of carbonyl (C=O) groups is 1. The SMILES string of the molecule is CCCCCCCC/C=C\CCCCCCCC(=O)NC(CO)C(O)/C=C/CC/C=C/CC/C=C/CCCCCCCCCCCCCCCCCCCCC. The first-order chi connectivity index (χ1) is 27.7. The average molecular weight is 784 g/mol. The van der Waals surface area contributed by atoms with E-state index in [2.05, 4.69) is 55.6 Å². The van der Waals surface area contributed by atoms with Crippen molar-refractivity contribution in [1.29, 1.82) is 0 Å². The number of unbranched alkanes of at least 4 members (excludes halogenated alkanes) is 32. The first-order valence-corrected chi connectivity index (χ1v) is 24.9. The van der Waals surface area contributed by atoms with Gasteiger partial charge in [-0.1, -0.05) is 229 Å². The van der Waals surface area contributed by atoms with Crippen molar-refractivity contribution in [3.63, 3.8) is 0 Å². The van der Waals surface area contributed by atoms with Crippen LogP contribution in [0.5, 0.6) is 0 Å². The van der Waals surface area contributed by atoms with Crippen LogP contribution in [0.4, 0.5) is 0 Å². The van der Waals surface area contributed by atoms with Gasteiger partial charge < -0.3 is 15.5 Å². The van der Waals surface area contributed by atoms with Gasteiger partial charge in [0, 0.05) is 6.42 Å². The summed E-state index contributed by atoms with van der Waals surface area (Å²) in [6, 6.07) is -0.650. The maximum Gasteiger partial charge on any atom is 0.220 e. The van der Waals surface area contributed by atoms with Crippen LogP contribution < -0.4 is 5.32 Å². The topological polar surface area (TPSA) is 69.6 Å². The summed E-state index contributed by atoms with van der Waals surface area (Å²) in [4.78, 5) is 12.4. The van der Waals surface area contributed by atoms with Gasteiger partial charge in [-0.25, -0.2) is 0 Å². The number of aliphatic hydroxyl groups is 2. The third-order valence-electron chi connectivity index (χ3n) is 11.3. The Labute approximate surface area is 350 Å². The predicted octanol–water partition coefficient (Wildman–Crippen LogP) is 15.9. The number of hydrogen-bond donors (Lipinski definition) is 3. The molecule has 3 N–H and O–H groups in total. The summed E-state index contributed by atoms with van der Waals surface area (Å²) in [5.41, 5.74) is 0. The molecule has 0 radical (unpaired) electrons. The molecule has 0 aliphatic rings. The summed E-state index contributed by atoms with van der Waals surface area (Å²) < 4.78 is 0. The highest BCUT2D eigenvalue weighted by Crippen LogP contribution is 2.15. The van der Waals surface area contributed by atoms with Gasteiger partial charge in [-0.15, -0.1) is 0 Å². The summed E-state index contributed by atoms with van der Waals surface area (Å²) in [6.07, 6.45) is 65.4. The van der Waals surface area contributed by atoms with Crippen molar-refractivity contribution in [1.82, 2.24) is 5.32 Å². The zero-order valence-electron chi connectivity index (χ0n) is 37.7. The fourth-order valence-corrected chi connectivity index (χ4v) is 7.44. The quantitative estimate of drug-likeness (QED) is 0.0425. The van der Waals surface area contributed by atoms with Gasteiger partial charge in [0.2, 0.25) is 5.91 Å². The van der Waals surface area contributed by atoms with Crippen molar-refractivity contribution in [2.24, 2.45) is 0 Å². The third-order valence-corrected chi connectivity index (χ3v) is 11.3. The lowest BCUT2D eigenvalue weighted by Gasteiger charge is -2.19. The van der Waals surface area contributed by atoms with Crippen LogP contribution >= 0.6 is 0 Å². The Balaban J connectivity index is 3.58. The molecule has 0 spiro atoms. The molecule has 0 heterocycles. The normalized spacial score (nSPS) is 13.3. The average Bonchev–Trinajstić information content (AvgIpc) is 3.20. The molecule has 0 saturated heterocycles. The van der Waals surface area contributed by atoms with Crippen LogP contribution in [0.25, 0.3) is 0 Å². The van der Waals surface area contributed by atoms with Crippen LogP contribution in [0.3, 0.4) is 0 Å². The number of rotatable bonds is 45. The van der Waals surface area contributed by atoms with Crippen molar-refractivity contribution >= 4 is 5.91 Å². The highest BCUT2D eigenvalue weighted by molar-refractivity contribution is 5.76. The first kappa shape index (κ1) is 54.3. The molecule has 0 aliphatic heterocycles. The molecule has 0 aromatic carbocycles. The highest BCUT2D eigenvalue weighted by atomic mass is 16.3. The molecular weight excluding hydrogens is 687 g/mol. The Morgan fingerprint density at radius 2 is 0.696 bits per heavy atom. The molecule has 0 aromatic rings. The minimum absolute atomic E-state index is 0.0864. The van der Waals surface area contributed by atoms with E-state index in [1.807, 2.05) is 6.08 Å². The fraction of sp³-hybridized carbons (Fsp3) is 0.827. The molecule has 1 amide bonds. The fourth-order valence-electron chi connectivity index (χ4n) is 7.44. The number of nitrogens with one attached hydrogen (secondary N) is 1. The summed E-state index contributed by atoms with van der Waals surface area (Å²) in [5, 5.41) is 23.0. The number of hydrogen-bond acceptors (Lipinski definition) is 3. The predicted molar refractivity (Wildman–Crippen MR) is 248 cm³/mol. The van der Waals surface area contributed by atoms with Gasteiger partial charge in [-0.05, 0) is 70.6 Å². The van der Waals surface area contributed by atoms with E-state index in [9.17, 15) is 15.0 Å². The Morgan fingerprint density at radius 3 is 1.04 bits per heavy atom. The van der Waals surface area contributed by atoms with Gasteiger partial charge in [-0.3, -0.25) is 4.79 Å². The van der Waals surface area contributed by atoms with E-state index in [-0.39, 0.29) is 12.5 Å². The third kappa shape index (κ3) is 43.5. The summed E-state index contributed by atoms with van der Waals surface area (Å²) in [7, 11) is 0. The van der Waals surface area contributed by atoms with E-state index in [1.165, 1.54) is 186 Å². The van der Waals surface area contributed by atoms with Crippen LogP contribution in [0, 0.1) is 0 Å². The van der Waals surface area contributed by atoms with E-state index < -0.39 is 12.1 Å². The van der Waals surface area contributed by atoms with Gasteiger partial charge in [-0.2, -0.15) is 0 Å². The summed E-state index contributed by atoms with van der Waals surface area (Å²) in [5.74, 6) is -0.0864. The van der Waals surface area contributed by atoms with Crippen molar-refractivity contribution in [3.8, 4) is 0 Å². The number of carbonyl (C=O) groups excluding carboxylic acids is 1. The highest BCUT2D eigenvalue weighted by Gasteiger charge is 2.17. The zero-order valence-corrected chi connectivity index (χ0v) is 37.7. The second-order valence-electron chi connectivity index (χ2n) is 16.9. The molecular formula is C52H97NO3. The number of allylic oxidation sites excluding steroid dienone is 7. The Hall–Kier alpha value is -1.65. The van der Waals surface area contributed by atoms with E-state index in [0.717, 1.165) is 51.4 Å². The number of amides is 1. The monoisotopic (exact) mass is 784 g/mol. The lowest BCUT2D eigenvalue weighted by Crippen LogP contribution is -2.45. The van der Waals surface area contributed by atoms with Crippen LogP contribution in [0.1, 0.15) is 258 Å². The standard InChI is InChI=1S/C52H97NO3/c1-3-5-7-9-11-13-15-17-19-20-21-22-23-24-25-26-27-28-29-30-31-32-34-35-37-39-41-43-45-47-51(55)50(49-54)53-52(56)48-46-44-42-40-38-36-33-18-16-14-12-10-8-6-4-2/h18,31-33,37,39,45,47,50-51,54-55H,3-17,19-30,34-36,38,40-44,46,48-49H2,1-2H3,(H,53,56)/b32-31+,33-18-,39-37+,47-45+. The summed E-state index contributed by atoms with van der Waals surface area (Å²) in [6.45, 7) is 4.29.